The lowest BCUT2D eigenvalue weighted by atomic mass is 9.64. The molecule has 1 aromatic carbocycles. The predicted octanol–water partition coefficient (Wildman–Crippen LogP) is 3.96. The summed E-state index contributed by atoms with van der Waals surface area (Å²) in [6.45, 7) is 4.00. The number of benzene rings is 1. The molecular weight excluding hydrogens is 328 g/mol. The van der Waals surface area contributed by atoms with Gasteiger partial charge in [0.05, 0.1) is 29.1 Å². The smallest absolute Gasteiger partial charge is 0.338 e. The molecule has 1 atom stereocenters. The summed E-state index contributed by atoms with van der Waals surface area (Å²) < 4.78 is 5.11. The summed E-state index contributed by atoms with van der Waals surface area (Å²) in [6.07, 6.45) is 5.38. The van der Waals surface area contributed by atoms with Crippen molar-refractivity contribution in [3.63, 3.8) is 0 Å². The molecule has 0 N–H and O–H groups in total. The third-order valence-electron chi connectivity index (χ3n) is 5.98. The van der Waals surface area contributed by atoms with Crippen molar-refractivity contribution in [3.05, 3.63) is 29.3 Å². The molecule has 0 aromatic heterocycles. The van der Waals surface area contributed by atoms with Crippen LogP contribution in [0, 0.1) is 16.7 Å². The van der Waals surface area contributed by atoms with E-state index in [0.29, 0.717) is 18.6 Å². The van der Waals surface area contributed by atoms with Crippen molar-refractivity contribution in [1.29, 1.82) is 5.26 Å². The van der Waals surface area contributed by atoms with Crippen molar-refractivity contribution < 1.29 is 14.3 Å². The Labute approximate surface area is 154 Å². The summed E-state index contributed by atoms with van der Waals surface area (Å²) in [5, 5.41) is 9.88. The van der Waals surface area contributed by atoms with Crippen molar-refractivity contribution >= 4 is 17.6 Å². The lowest BCUT2D eigenvalue weighted by Crippen LogP contribution is -2.41. The van der Waals surface area contributed by atoms with Crippen molar-refractivity contribution in [3.8, 4) is 6.07 Å². The van der Waals surface area contributed by atoms with E-state index in [2.05, 4.69) is 6.07 Å². The van der Waals surface area contributed by atoms with Crippen LogP contribution in [0.4, 0.5) is 5.69 Å². The second-order valence-corrected chi connectivity index (χ2v) is 7.78. The number of rotatable bonds is 4. The fourth-order valence-electron chi connectivity index (χ4n) is 4.61. The molecule has 0 spiro atoms. The maximum absolute atomic E-state index is 13.1. The van der Waals surface area contributed by atoms with Crippen LogP contribution >= 0.6 is 0 Å². The van der Waals surface area contributed by atoms with Gasteiger partial charge in [-0.2, -0.15) is 5.26 Å². The molecular formula is C21H26N2O3. The molecule has 26 heavy (non-hydrogen) atoms. The highest BCUT2D eigenvalue weighted by atomic mass is 16.5. The molecule has 1 saturated carbocycles. The Hall–Kier alpha value is -2.35. The lowest BCUT2D eigenvalue weighted by molar-refractivity contribution is -0.123. The molecule has 0 unspecified atom stereocenters. The molecule has 2 aliphatic rings. The van der Waals surface area contributed by atoms with Gasteiger partial charge in [0.2, 0.25) is 5.91 Å². The molecule has 1 fully saturated rings. The van der Waals surface area contributed by atoms with E-state index in [-0.39, 0.29) is 11.9 Å². The minimum absolute atomic E-state index is 0.00583. The zero-order chi connectivity index (χ0) is 18.9. The largest absolute Gasteiger partial charge is 0.462 e. The number of nitriles is 1. The zero-order valence-electron chi connectivity index (χ0n) is 15.8. The first kappa shape index (κ1) is 18.4. The monoisotopic (exact) mass is 354 g/mol. The zero-order valence-corrected chi connectivity index (χ0v) is 15.8. The average molecular weight is 354 g/mol. The van der Waals surface area contributed by atoms with Gasteiger partial charge in [0.25, 0.3) is 0 Å². The minimum Gasteiger partial charge on any atom is -0.462 e. The Bertz CT molecular complexity index is 774. The van der Waals surface area contributed by atoms with Gasteiger partial charge < -0.3 is 9.64 Å². The number of hydrogen-bond donors (Lipinski definition) is 0. The van der Waals surface area contributed by atoms with Crippen molar-refractivity contribution in [1.82, 2.24) is 0 Å². The molecule has 0 bridgehead atoms. The van der Waals surface area contributed by atoms with E-state index in [1.807, 2.05) is 13.0 Å². The Balaban J connectivity index is 2.03. The highest BCUT2D eigenvalue weighted by Gasteiger charge is 2.51. The van der Waals surface area contributed by atoms with E-state index in [1.165, 1.54) is 0 Å². The fraction of sp³-hybridized carbons (Fsp3) is 0.571. The molecule has 0 radical (unpaired) electrons. The van der Waals surface area contributed by atoms with Crippen LogP contribution in [0.15, 0.2) is 18.2 Å². The standard InChI is InChI=1S/C21H26N2O3/c1-4-26-18(24)15-8-9-17-16(12-15)20(2,19(25)23(17)3)13-21(14-22)10-6-5-7-11-21/h8-9,12H,4-7,10-11,13H2,1-3H3/t20-/m0/s1. The molecule has 3 rings (SSSR count). The van der Waals surface area contributed by atoms with Gasteiger partial charge in [-0.1, -0.05) is 19.3 Å². The van der Waals surface area contributed by atoms with Crippen LogP contribution in [0.25, 0.3) is 0 Å². The Morgan fingerprint density at radius 1 is 1.31 bits per heavy atom. The van der Waals surface area contributed by atoms with E-state index in [4.69, 9.17) is 4.74 Å². The summed E-state index contributed by atoms with van der Waals surface area (Å²) in [5.41, 5.74) is 0.838. The summed E-state index contributed by atoms with van der Waals surface area (Å²) in [4.78, 5) is 26.9. The number of likely N-dealkylation sites (N-methyl/N-ethyl adjacent to an activating group) is 1. The van der Waals surface area contributed by atoms with Crippen LogP contribution in [0.3, 0.4) is 0 Å². The normalized spacial score (nSPS) is 24.1. The third kappa shape index (κ3) is 2.88. The second kappa shape index (κ2) is 6.75. The van der Waals surface area contributed by atoms with E-state index in [1.54, 1.807) is 31.0 Å². The van der Waals surface area contributed by atoms with E-state index in [0.717, 1.165) is 43.4 Å². The quantitative estimate of drug-likeness (QED) is 0.767. The number of carbonyl (C=O) groups is 2. The van der Waals surface area contributed by atoms with Crippen molar-refractivity contribution in [2.75, 3.05) is 18.6 Å². The molecule has 1 heterocycles. The minimum atomic E-state index is -0.792. The van der Waals surface area contributed by atoms with Gasteiger partial charge in [-0.05, 0) is 56.9 Å². The van der Waals surface area contributed by atoms with E-state index < -0.39 is 10.8 Å². The van der Waals surface area contributed by atoms with Crippen LogP contribution in [0.2, 0.25) is 0 Å². The highest BCUT2D eigenvalue weighted by Crippen LogP contribution is 2.51. The maximum atomic E-state index is 13.1. The number of fused-ring (bicyclic) bond motifs is 1. The van der Waals surface area contributed by atoms with Crippen molar-refractivity contribution in [2.45, 2.75) is 57.8 Å². The number of carbonyl (C=O) groups excluding carboxylic acids is 2. The Kier molecular flexibility index (Phi) is 4.79. The molecule has 1 amide bonds. The predicted molar refractivity (Wildman–Crippen MR) is 98.9 cm³/mol. The van der Waals surface area contributed by atoms with Gasteiger partial charge in [0.1, 0.15) is 0 Å². The van der Waals surface area contributed by atoms with Crippen LogP contribution in [0.5, 0.6) is 0 Å². The first-order valence-corrected chi connectivity index (χ1v) is 9.38. The second-order valence-electron chi connectivity index (χ2n) is 7.78. The summed E-state index contributed by atoms with van der Waals surface area (Å²) >= 11 is 0. The number of anilines is 1. The van der Waals surface area contributed by atoms with Gasteiger partial charge in [0.15, 0.2) is 0 Å². The van der Waals surface area contributed by atoms with Crippen LogP contribution in [-0.2, 0) is 14.9 Å². The van der Waals surface area contributed by atoms with Gasteiger partial charge in [-0.3, -0.25) is 4.79 Å². The number of esters is 1. The van der Waals surface area contributed by atoms with Gasteiger partial charge in [0, 0.05) is 12.7 Å². The van der Waals surface area contributed by atoms with Gasteiger partial charge >= 0.3 is 5.97 Å². The molecule has 5 heteroatoms. The lowest BCUT2D eigenvalue weighted by Gasteiger charge is -2.37. The van der Waals surface area contributed by atoms with E-state index >= 15 is 0 Å². The van der Waals surface area contributed by atoms with Crippen LogP contribution in [-0.4, -0.2) is 25.5 Å². The van der Waals surface area contributed by atoms with E-state index in [9.17, 15) is 14.9 Å². The first-order chi connectivity index (χ1) is 12.4. The molecule has 138 valence electrons. The SMILES string of the molecule is CCOC(=O)c1ccc2c(c1)[C@](C)(CC1(C#N)CCCCC1)C(=O)N2C. The van der Waals surface area contributed by atoms with Gasteiger partial charge in [-0.15, -0.1) is 0 Å². The topological polar surface area (TPSA) is 70.4 Å². The Morgan fingerprint density at radius 2 is 2.00 bits per heavy atom. The van der Waals surface area contributed by atoms with Crippen molar-refractivity contribution in [2.24, 2.45) is 5.41 Å². The Morgan fingerprint density at radius 3 is 2.62 bits per heavy atom. The summed E-state index contributed by atoms with van der Waals surface area (Å²) in [5.74, 6) is -0.388. The van der Waals surface area contributed by atoms with Crippen LogP contribution in [0.1, 0.15) is 68.3 Å². The average Bonchev–Trinajstić information content (AvgIpc) is 2.84. The molecule has 1 aliphatic heterocycles. The molecule has 1 aliphatic carbocycles. The van der Waals surface area contributed by atoms with Gasteiger partial charge in [-0.25, -0.2) is 4.79 Å². The number of ether oxygens (including phenoxy) is 1. The number of hydrogen-bond acceptors (Lipinski definition) is 4. The molecule has 1 aromatic rings. The molecule has 0 saturated heterocycles. The summed E-state index contributed by atoms with van der Waals surface area (Å²) in [7, 11) is 1.76. The number of amides is 1. The van der Waals surface area contributed by atoms with Crippen LogP contribution < -0.4 is 4.90 Å². The first-order valence-electron chi connectivity index (χ1n) is 9.38. The fourth-order valence-corrected chi connectivity index (χ4v) is 4.61. The highest BCUT2D eigenvalue weighted by molar-refractivity contribution is 6.08. The maximum Gasteiger partial charge on any atom is 0.338 e. The molecule has 5 nitrogen and oxygen atoms in total. The third-order valence-corrected chi connectivity index (χ3v) is 5.98. The summed E-state index contributed by atoms with van der Waals surface area (Å²) in [6, 6.07) is 7.82. The number of nitrogens with zero attached hydrogens (tertiary/aromatic N) is 2.